The van der Waals surface area contributed by atoms with Crippen molar-refractivity contribution in [3.63, 3.8) is 0 Å². The third kappa shape index (κ3) is 4.05. The summed E-state index contributed by atoms with van der Waals surface area (Å²) in [5, 5.41) is 0. The maximum absolute atomic E-state index is 12.2. The highest BCUT2D eigenvalue weighted by Gasteiger charge is 2.28. The molecular formula is C16H27NO2. The van der Waals surface area contributed by atoms with Gasteiger partial charge in [-0.05, 0) is 31.6 Å². The Morgan fingerprint density at radius 3 is 2.63 bits per heavy atom. The molecule has 3 nitrogen and oxygen atoms in total. The molecular weight excluding hydrogens is 238 g/mol. The lowest BCUT2D eigenvalue weighted by Crippen LogP contribution is -2.37. The predicted molar refractivity (Wildman–Crippen MR) is 75.8 cm³/mol. The van der Waals surface area contributed by atoms with Crippen molar-refractivity contribution in [1.82, 2.24) is 4.90 Å². The summed E-state index contributed by atoms with van der Waals surface area (Å²) in [5.74, 6) is 1.42. The number of ketones is 1. The Kier molecular flexibility index (Phi) is 5.41. The van der Waals surface area contributed by atoms with Crippen molar-refractivity contribution < 1.29 is 9.59 Å². The number of carbonyl (C=O) groups excluding carboxylic acids is 2. The van der Waals surface area contributed by atoms with Crippen molar-refractivity contribution in [2.45, 2.75) is 64.7 Å². The fourth-order valence-electron chi connectivity index (χ4n) is 3.52. The van der Waals surface area contributed by atoms with Crippen LogP contribution in [0, 0.1) is 11.8 Å². The third-order valence-electron chi connectivity index (χ3n) is 4.78. The highest BCUT2D eigenvalue weighted by atomic mass is 16.2. The number of amides is 1. The number of carbonyl (C=O) groups is 2. The number of Topliss-reactive ketones (excluding diaryl/α,β-unsaturated/α-hetero) is 1. The average molecular weight is 265 g/mol. The molecule has 1 unspecified atom stereocenters. The molecule has 1 saturated heterocycles. The van der Waals surface area contributed by atoms with E-state index in [9.17, 15) is 9.59 Å². The first-order valence-electron chi connectivity index (χ1n) is 8.01. The van der Waals surface area contributed by atoms with E-state index in [1.54, 1.807) is 0 Å². The van der Waals surface area contributed by atoms with Gasteiger partial charge in [0.2, 0.25) is 5.91 Å². The number of hydrogen-bond donors (Lipinski definition) is 0. The first-order valence-corrected chi connectivity index (χ1v) is 8.01. The summed E-state index contributed by atoms with van der Waals surface area (Å²) in [5.41, 5.74) is 0. The lowest BCUT2D eigenvalue weighted by Gasteiger charge is -2.21. The van der Waals surface area contributed by atoms with Crippen LogP contribution in [0.4, 0.5) is 0 Å². The highest BCUT2D eigenvalue weighted by Crippen LogP contribution is 2.27. The van der Waals surface area contributed by atoms with Crippen LogP contribution in [0.1, 0.15) is 64.7 Å². The second-order valence-corrected chi connectivity index (χ2v) is 6.25. The third-order valence-corrected chi connectivity index (χ3v) is 4.78. The van der Waals surface area contributed by atoms with Crippen LogP contribution in [0.15, 0.2) is 0 Å². The van der Waals surface area contributed by atoms with E-state index in [1.807, 2.05) is 4.90 Å². The standard InChI is InChI=1S/C16H27NO2/c1-2-5-13-8-9-16(19)17(11-10-13)12-15(18)14-6-3-4-7-14/h13-14H,2-12H2,1H3. The summed E-state index contributed by atoms with van der Waals surface area (Å²) in [7, 11) is 0. The summed E-state index contributed by atoms with van der Waals surface area (Å²) < 4.78 is 0. The van der Waals surface area contributed by atoms with Crippen molar-refractivity contribution in [3.05, 3.63) is 0 Å². The van der Waals surface area contributed by atoms with Gasteiger partial charge < -0.3 is 4.90 Å². The molecule has 0 aromatic heterocycles. The zero-order valence-corrected chi connectivity index (χ0v) is 12.2. The normalized spacial score (nSPS) is 25.6. The van der Waals surface area contributed by atoms with E-state index in [1.165, 1.54) is 25.7 Å². The molecule has 2 rings (SSSR count). The first kappa shape index (κ1) is 14.5. The molecule has 2 aliphatic rings. The number of hydrogen-bond acceptors (Lipinski definition) is 2. The lowest BCUT2D eigenvalue weighted by molar-refractivity contribution is -0.136. The Hall–Kier alpha value is -0.860. The van der Waals surface area contributed by atoms with E-state index in [0.29, 0.717) is 24.7 Å². The SMILES string of the molecule is CCCC1CCC(=O)N(CC(=O)C2CCCC2)CC1. The Morgan fingerprint density at radius 1 is 1.21 bits per heavy atom. The van der Waals surface area contributed by atoms with Gasteiger partial charge in [0.15, 0.2) is 5.78 Å². The molecule has 1 amide bonds. The topological polar surface area (TPSA) is 37.4 Å². The minimum Gasteiger partial charge on any atom is -0.335 e. The summed E-state index contributed by atoms with van der Waals surface area (Å²) >= 11 is 0. The van der Waals surface area contributed by atoms with Crippen LogP contribution >= 0.6 is 0 Å². The van der Waals surface area contributed by atoms with Crippen LogP contribution in [0.5, 0.6) is 0 Å². The average Bonchev–Trinajstić information content (AvgIpc) is 2.88. The van der Waals surface area contributed by atoms with Gasteiger partial charge >= 0.3 is 0 Å². The van der Waals surface area contributed by atoms with Crippen molar-refractivity contribution in [2.24, 2.45) is 11.8 Å². The van der Waals surface area contributed by atoms with E-state index >= 15 is 0 Å². The van der Waals surface area contributed by atoms with Crippen LogP contribution in [0.2, 0.25) is 0 Å². The molecule has 0 aromatic rings. The van der Waals surface area contributed by atoms with Crippen LogP contribution in [0.25, 0.3) is 0 Å². The van der Waals surface area contributed by atoms with Gasteiger partial charge in [-0.1, -0.05) is 32.6 Å². The van der Waals surface area contributed by atoms with Gasteiger partial charge in [0, 0.05) is 18.9 Å². The minimum atomic E-state index is 0.199. The van der Waals surface area contributed by atoms with Crippen molar-refractivity contribution in [3.8, 4) is 0 Å². The molecule has 0 aromatic carbocycles. The summed E-state index contributed by atoms with van der Waals surface area (Å²) in [6, 6.07) is 0. The quantitative estimate of drug-likeness (QED) is 0.765. The van der Waals surface area contributed by atoms with Gasteiger partial charge in [0.05, 0.1) is 6.54 Å². The van der Waals surface area contributed by atoms with Crippen LogP contribution in [-0.4, -0.2) is 29.7 Å². The van der Waals surface area contributed by atoms with E-state index in [2.05, 4.69) is 6.92 Å². The number of likely N-dealkylation sites (tertiary alicyclic amines) is 1. The van der Waals surface area contributed by atoms with Gasteiger partial charge in [-0.25, -0.2) is 0 Å². The molecule has 0 radical (unpaired) electrons. The smallest absolute Gasteiger partial charge is 0.222 e. The fourth-order valence-corrected chi connectivity index (χ4v) is 3.52. The van der Waals surface area contributed by atoms with Crippen molar-refractivity contribution in [1.29, 1.82) is 0 Å². The molecule has 1 atom stereocenters. The van der Waals surface area contributed by atoms with E-state index in [4.69, 9.17) is 0 Å². The minimum absolute atomic E-state index is 0.199. The van der Waals surface area contributed by atoms with E-state index in [0.717, 1.165) is 32.2 Å². The van der Waals surface area contributed by atoms with E-state index < -0.39 is 0 Å². The molecule has 1 heterocycles. The van der Waals surface area contributed by atoms with Gasteiger partial charge in [0.1, 0.15) is 0 Å². The molecule has 108 valence electrons. The first-order chi connectivity index (χ1) is 9.20. The summed E-state index contributed by atoms with van der Waals surface area (Å²) in [4.78, 5) is 26.1. The van der Waals surface area contributed by atoms with Crippen LogP contribution in [0.3, 0.4) is 0 Å². The van der Waals surface area contributed by atoms with E-state index in [-0.39, 0.29) is 11.8 Å². The Labute approximate surface area is 116 Å². The van der Waals surface area contributed by atoms with Gasteiger partial charge in [-0.2, -0.15) is 0 Å². The largest absolute Gasteiger partial charge is 0.335 e. The molecule has 1 aliphatic carbocycles. The summed E-state index contributed by atoms with van der Waals surface area (Å²) in [6.07, 6.45) is 9.60. The molecule has 0 N–H and O–H groups in total. The van der Waals surface area contributed by atoms with Crippen LogP contribution in [-0.2, 0) is 9.59 Å². The Bertz CT molecular complexity index is 321. The molecule has 19 heavy (non-hydrogen) atoms. The van der Waals surface area contributed by atoms with Gasteiger partial charge in [-0.3, -0.25) is 9.59 Å². The van der Waals surface area contributed by atoms with Gasteiger partial charge in [-0.15, -0.1) is 0 Å². The fraction of sp³-hybridized carbons (Fsp3) is 0.875. The number of nitrogens with zero attached hydrogens (tertiary/aromatic N) is 1. The molecule has 1 saturated carbocycles. The molecule has 3 heteroatoms. The number of rotatable bonds is 5. The zero-order chi connectivity index (χ0) is 13.7. The van der Waals surface area contributed by atoms with Gasteiger partial charge in [0.25, 0.3) is 0 Å². The lowest BCUT2D eigenvalue weighted by atomic mass is 9.96. The second-order valence-electron chi connectivity index (χ2n) is 6.25. The Morgan fingerprint density at radius 2 is 1.95 bits per heavy atom. The predicted octanol–water partition coefficient (Wildman–Crippen LogP) is 3.17. The van der Waals surface area contributed by atoms with Crippen LogP contribution < -0.4 is 0 Å². The summed E-state index contributed by atoms with van der Waals surface area (Å²) in [6.45, 7) is 3.37. The Balaban J connectivity index is 1.84. The second kappa shape index (κ2) is 7.06. The molecule has 0 bridgehead atoms. The zero-order valence-electron chi connectivity index (χ0n) is 12.2. The molecule has 2 fully saturated rings. The monoisotopic (exact) mass is 265 g/mol. The van der Waals surface area contributed by atoms with Crippen molar-refractivity contribution in [2.75, 3.05) is 13.1 Å². The molecule has 0 spiro atoms. The van der Waals surface area contributed by atoms with Crippen molar-refractivity contribution >= 4 is 11.7 Å². The maximum atomic E-state index is 12.2. The highest BCUT2D eigenvalue weighted by molar-refractivity contribution is 5.87. The maximum Gasteiger partial charge on any atom is 0.222 e. The molecule has 1 aliphatic heterocycles.